The largest absolute Gasteiger partial charge is 0.457 e. The molecule has 11 heteroatoms. The van der Waals surface area contributed by atoms with Crippen LogP contribution in [0.3, 0.4) is 0 Å². The minimum Gasteiger partial charge on any atom is -0.457 e. The lowest BCUT2D eigenvalue weighted by atomic mass is 9.92. The second-order valence-electron chi connectivity index (χ2n) is 10.1. The summed E-state index contributed by atoms with van der Waals surface area (Å²) < 4.78 is 43.7. The molecule has 10 nitrogen and oxygen atoms in total. The zero-order valence-corrected chi connectivity index (χ0v) is 22.4. The Morgan fingerprint density at radius 1 is 0.951 bits per heavy atom. The number of pyridine rings is 2. The van der Waals surface area contributed by atoms with Crippen molar-refractivity contribution in [1.29, 1.82) is 0 Å². The summed E-state index contributed by atoms with van der Waals surface area (Å²) in [6.45, 7) is 3.33. The van der Waals surface area contributed by atoms with E-state index in [0.29, 0.717) is 11.5 Å². The Morgan fingerprint density at radius 2 is 1.78 bits per heavy atom. The number of rotatable bonds is 6. The highest BCUT2D eigenvalue weighted by Gasteiger charge is 2.22. The van der Waals surface area contributed by atoms with Crippen LogP contribution in [0.25, 0.3) is 16.6 Å². The van der Waals surface area contributed by atoms with Crippen LogP contribution >= 0.6 is 0 Å². The number of urea groups is 1. The topological polar surface area (TPSA) is 123 Å². The van der Waals surface area contributed by atoms with Gasteiger partial charge in [-0.25, -0.2) is 13.9 Å². The first kappa shape index (κ1) is 23.6. The highest BCUT2D eigenvalue weighted by Crippen LogP contribution is 2.29. The summed E-state index contributed by atoms with van der Waals surface area (Å²) in [7, 11) is 0. The molecule has 3 aromatic heterocycles. The molecule has 0 aliphatic heterocycles. The van der Waals surface area contributed by atoms with Gasteiger partial charge in [0.15, 0.2) is 0 Å². The lowest BCUT2D eigenvalue weighted by Gasteiger charge is -2.14. The second kappa shape index (κ2) is 11.0. The molecular weight excluding hydrogens is 525 g/mol. The molecule has 5 rings (SSSR count). The highest BCUT2D eigenvalue weighted by molar-refractivity contribution is 5.99. The van der Waals surface area contributed by atoms with Crippen molar-refractivity contribution < 1.29 is 22.8 Å². The number of anilines is 2. The Balaban J connectivity index is 1.32. The number of amides is 3. The number of hydrogen-bond donors (Lipinski definition) is 3. The molecule has 3 amide bonds. The van der Waals surface area contributed by atoms with Gasteiger partial charge in [-0.05, 0) is 42.5 Å². The summed E-state index contributed by atoms with van der Waals surface area (Å²) in [5.41, 5.74) is 1.65. The average molecular weight is 557 g/mol. The van der Waals surface area contributed by atoms with Crippen molar-refractivity contribution in [2.24, 2.45) is 0 Å². The third kappa shape index (κ3) is 6.14. The fraction of sp³-hybridized carbons (Fsp3) is 0.167. The van der Waals surface area contributed by atoms with Crippen LogP contribution in [0.2, 0.25) is 0 Å². The standard InChI is InChI=1S/C30H28FN7O3/c1-30(2,3)26-17-27(38(37-26)19-7-9-23-18(14-19)6-5-12-33-23)36-29(40)35-24-10-8-20(15-22(24)31)41-21-11-13-34-25(16-21)28(39)32-4/h5-17H,1-4H3,(H,32,39)(H2,35,36,40)/i4D3. The average Bonchev–Trinajstić information content (AvgIpc) is 3.38. The van der Waals surface area contributed by atoms with Crippen LogP contribution in [0.4, 0.5) is 20.7 Å². The lowest BCUT2D eigenvalue weighted by molar-refractivity contribution is 0.0957. The number of ether oxygens (including phenoxy) is 1. The quantitative estimate of drug-likeness (QED) is 0.234. The van der Waals surface area contributed by atoms with Gasteiger partial charge in [0.25, 0.3) is 5.91 Å². The number of hydrogen-bond acceptors (Lipinski definition) is 6. The Hall–Kier alpha value is -5.32. The fourth-order valence-electron chi connectivity index (χ4n) is 3.96. The molecule has 0 bridgehead atoms. The van der Waals surface area contributed by atoms with Gasteiger partial charge >= 0.3 is 6.03 Å². The van der Waals surface area contributed by atoms with Crippen LogP contribution < -0.4 is 20.7 Å². The summed E-state index contributed by atoms with van der Waals surface area (Å²) in [5, 5.41) is 12.7. The molecule has 0 unspecified atom stereocenters. The van der Waals surface area contributed by atoms with E-state index in [9.17, 15) is 9.59 Å². The molecule has 0 fully saturated rings. The number of nitrogens with one attached hydrogen (secondary N) is 3. The number of carbonyl (C=O) groups is 2. The Kier molecular flexibility index (Phi) is 6.35. The summed E-state index contributed by atoms with van der Waals surface area (Å²) in [4.78, 5) is 33.3. The summed E-state index contributed by atoms with van der Waals surface area (Å²) >= 11 is 0. The van der Waals surface area contributed by atoms with E-state index in [4.69, 9.17) is 13.9 Å². The molecule has 0 atom stereocenters. The molecule has 208 valence electrons. The monoisotopic (exact) mass is 556 g/mol. The maximum Gasteiger partial charge on any atom is 0.324 e. The first-order chi connectivity index (χ1) is 20.7. The van der Waals surface area contributed by atoms with Gasteiger partial charge in [-0.2, -0.15) is 5.10 Å². The predicted molar refractivity (Wildman–Crippen MR) is 154 cm³/mol. The van der Waals surface area contributed by atoms with Gasteiger partial charge in [0.05, 0.1) is 22.6 Å². The van der Waals surface area contributed by atoms with Gasteiger partial charge < -0.3 is 15.4 Å². The number of benzene rings is 2. The van der Waals surface area contributed by atoms with E-state index in [1.54, 1.807) is 16.9 Å². The normalized spacial score (nSPS) is 12.6. The van der Waals surface area contributed by atoms with Crippen LogP contribution in [-0.4, -0.2) is 38.7 Å². The number of halogens is 1. The van der Waals surface area contributed by atoms with Gasteiger partial charge in [-0.15, -0.1) is 0 Å². The van der Waals surface area contributed by atoms with E-state index in [1.165, 1.54) is 30.5 Å². The maximum atomic E-state index is 15.0. The fourth-order valence-corrected chi connectivity index (χ4v) is 3.96. The summed E-state index contributed by atoms with van der Waals surface area (Å²) in [5.74, 6) is -1.12. The van der Waals surface area contributed by atoms with E-state index >= 15 is 4.39 Å². The molecule has 41 heavy (non-hydrogen) atoms. The van der Waals surface area contributed by atoms with Crippen LogP contribution in [0, 0.1) is 5.82 Å². The molecule has 0 aliphatic carbocycles. The highest BCUT2D eigenvalue weighted by atomic mass is 19.1. The van der Waals surface area contributed by atoms with Crippen molar-refractivity contribution in [3.8, 4) is 17.2 Å². The van der Waals surface area contributed by atoms with Gasteiger partial charge in [0, 0.05) is 52.5 Å². The molecule has 2 aromatic carbocycles. The van der Waals surface area contributed by atoms with E-state index in [0.717, 1.165) is 22.7 Å². The maximum absolute atomic E-state index is 15.0. The van der Waals surface area contributed by atoms with Crippen LogP contribution in [-0.2, 0) is 5.41 Å². The van der Waals surface area contributed by atoms with Crippen molar-refractivity contribution in [2.45, 2.75) is 26.2 Å². The van der Waals surface area contributed by atoms with Gasteiger partial charge in [0.2, 0.25) is 0 Å². The van der Waals surface area contributed by atoms with Crippen molar-refractivity contribution >= 4 is 34.3 Å². The number of carbonyl (C=O) groups excluding carboxylic acids is 2. The smallest absolute Gasteiger partial charge is 0.324 e. The molecule has 3 N–H and O–H groups in total. The van der Waals surface area contributed by atoms with E-state index < -0.39 is 24.7 Å². The Morgan fingerprint density at radius 3 is 2.56 bits per heavy atom. The van der Waals surface area contributed by atoms with Crippen LogP contribution in [0.1, 0.15) is 41.1 Å². The SMILES string of the molecule is [2H]C([2H])([2H])NC(=O)c1cc(Oc2ccc(NC(=O)Nc3cc(C(C)(C)C)nn3-c3ccc4ncccc4c3)c(F)c2)ccn1. The lowest BCUT2D eigenvalue weighted by Crippen LogP contribution is -2.22. The van der Waals surface area contributed by atoms with Gasteiger partial charge in [-0.1, -0.05) is 26.8 Å². The zero-order valence-electron chi connectivity index (χ0n) is 25.4. The van der Waals surface area contributed by atoms with E-state index in [1.807, 2.05) is 56.4 Å². The van der Waals surface area contributed by atoms with Crippen molar-refractivity contribution in [2.75, 3.05) is 17.6 Å². The Bertz CT molecular complexity index is 1870. The van der Waals surface area contributed by atoms with E-state index in [-0.39, 0.29) is 28.3 Å². The summed E-state index contributed by atoms with van der Waals surface area (Å²) in [6, 6.07) is 16.9. The Labute approximate surface area is 239 Å². The molecule has 3 heterocycles. The first-order valence-corrected chi connectivity index (χ1v) is 12.5. The third-order valence-corrected chi connectivity index (χ3v) is 6.05. The van der Waals surface area contributed by atoms with Crippen LogP contribution in [0.15, 0.2) is 79.1 Å². The molecule has 0 aliphatic rings. The van der Waals surface area contributed by atoms with Crippen molar-refractivity contribution in [3.05, 3.63) is 96.3 Å². The molecule has 0 spiro atoms. The molecule has 5 aromatic rings. The second-order valence-corrected chi connectivity index (χ2v) is 10.1. The number of nitrogens with zero attached hydrogens (tertiary/aromatic N) is 4. The predicted octanol–water partition coefficient (Wildman–Crippen LogP) is 6.05. The molecular formula is C30H28FN7O3. The molecule has 0 saturated carbocycles. The summed E-state index contributed by atoms with van der Waals surface area (Å²) in [6.07, 6.45) is 2.97. The zero-order chi connectivity index (χ0) is 31.6. The number of aromatic nitrogens is 4. The van der Waals surface area contributed by atoms with E-state index in [2.05, 4.69) is 20.6 Å². The van der Waals surface area contributed by atoms with Crippen LogP contribution in [0.5, 0.6) is 11.5 Å². The third-order valence-electron chi connectivity index (χ3n) is 6.05. The minimum atomic E-state index is -2.68. The minimum absolute atomic E-state index is 0.0699. The van der Waals surface area contributed by atoms with Crippen molar-refractivity contribution in [1.82, 2.24) is 25.1 Å². The van der Waals surface area contributed by atoms with Gasteiger partial charge in [-0.3, -0.25) is 20.1 Å². The van der Waals surface area contributed by atoms with Crippen molar-refractivity contribution in [3.63, 3.8) is 0 Å². The first-order valence-electron chi connectivity index (χ1n) is 14.0. The molecule has 0 radical (unpaired) electrons. The number of fused-ring (bicyclic) bond motifs is 1. The van der Waals surface area contributed by atoms with Gasteiger partial charge in [0.1, 0.15) is 28.8 Å². The molecule has 0 saturated heterocycles.